The zero-order valence-corrected chi connectivity index (χ0v) is 11.3. The van der Waals surface area contributed by atoms with Gasteiger partial charge in [-0.3, -0.25) is 9.63 Å². The molecule has 0 aliphatic carbocycles. The second kappa shape index (κ2) is 5.67. The number of carbonyl (C=O) groups excluding carboxylic acids is 1. The number of hydroxylamine groups is 1. The van der Waals surface area contributed by atoms with Crippen LogP contribution in [0.3, 0.4) is 0 Å². The lowest BCUT2D eigenvalue weighted by molar-refractivity contribution is 0.0364. The van der Waals surface area contributed by atoms with Crippen LogP contribution in [0.5, 0.6) is 0 Å². The first-order valence-corrected chi connectivity index (χ1v) is 5.89. The highest BCUT2D eigenvalue weighted by atomic mass is 127. The fraction of sp³-hybridized carbons (Fsp3) is 0.222. The Kier molecular flexibility index (Phi) is 4.83. The van der Waals surface area contributed by atoms with Crippen LogP contribution >= 0.6 is 38.5 Å². The zero-order valence-electron chi connectivity index (χ0n) is 7.51. The average molecular weight is 370 g/mol. The van der Waals surface area contributed by atoms with Crippen molar-refractivity contribution in [2.24, 2.45) is 0 Å². The molecule has 1 amide bonds. The van der Waals surface area contributed by atoms with Crippen molar-refractivity contribution < 1.29 is 9.63 Å². The molecule has 0 spiro atoms. The van der Waals surface area contributed by atoms with Crippen molar-refractivity contribution in [2.75, 3.05) is 6.61 Å². The number of benzene rings is 1. The number of hydrogen-bond acceptors (Lipinski definition) is 2. The van der Waals surface area contributed by atoms with Crippen LogP contribution in [0.4, 0.5) is 0 Å². The van der Waals surface area contributed by atoms with Gasteiger partial charge in [-0.25, -0.2) is 5.48 Å². The quantitative estimate of drug-likeness (QED) is 0.657. The molecule has 0 aliphatic heterocycles. The molecule has 1 N–H and O–H groups in total. The van der Waals surface area contributed by atoms with Gasteiger partial charge in [-0.1, -0.05) is 0 Å². The molecule has 14 heavy (non-hydrogen) atoms. The van der Waals surface area contributed by atoms with Crippen LogP contribution in [0.25, 0.3) is 0 Å². The summed E-state index contributed by atoms with van der Waals surface area (Å²) in [6.45, 7) is 2.26. The van der Waals surface area contributed by atoms with E-state index in [2.05, 4.69) is 44.0 Å². The predicted octanol–water partition coefficient (Wildman–Crippen LogP) is 2.74. The Hall–Kier alpha value is -0.140. The van der Waals surface area contributed by atoms with E-state index in [1.165, 1.54) is 0 Å². The van der Waals surface area contributed by atoms with Gasteiger partial charge in [-0.2, -0.15) is 0 Å². The molecular formula is C9H9BrINO2. The van der Waals surface area contributed by atoms with Crippen LogP contribution in [-0.2, 0) is 4.84 Å². The first-order chi connectivity index (χ1) is 6.65. The minimum Gasteiger partial charge on any atom is -0.274 e. The Morgan fingerprint density at radius 1 is 1.64 bits per heavy atom. The predicted molar refractivity (Wildman–Crippen MR) is 66.0 cm³/mol. The highest BCUT2D eigenvalue weighted by molar-refractivity contribution is 14.1. The molecule has 0 saturated heterocycles. The lowest BCUT2D eigenvalue weighted by atomic mass is 10.2. The van der Waals surface area contributed by atoms with E-state index in [1.54, 1.807) is 6.07 Å². The van der Waals surface area contributed by atoms with E-state index >= 15 is 0 Å². The molecule has 0 unspecified atom stereocenters. The largest absolute Gasteiger partial charge is 0.276 e. The fourth-order valence-electron chi connectivity index (χ4n) is 0.864. The van der Waals surface area contributed by atoms with E-state index in [-0.39, 0.29) is 5.91 Å². The number of amides is 1. The van der Waals surface area contributed by atoms with Gasteiger partial charge >= 0.3 is 0 Å². The first kappa shape index (κ1) is 11.9. The second-order valence-electron chi connectivity index (χ2n) is 2.49. The summed E-state index contributed by atoms with van der Waals surface area (Å²) in [4.78, 5) is 16.3. The highest BCUT2D eigenvalue weighted by Crippen LogP contribution is 2.19. The molecule has 0 heterocycles. The van der Waals surface area contributed by atoms with Gasteiger partial charge in [0.1, 0.15) is 0 Å². The average Bonchev–Trinajstić information content (AvgIpc) is 2.18. The van der Waals surface area contributed by atoms with Gasteiger partial charge in [-0.05, 0) is 63.6 Å². The van der Waals surface area contributed by atoms with E-state index in [0.29, 0.717) is 12.2 Å². The third-order valence-electron chi connectivity index (χ3n) is 1.48. The molecule has 0 atom stereocenters. The number of nitrogens with one attached hydrogen (secondary N) is 1. The molecule has 0 bridgehead atoms. The van der Waals surface area contributed by atoms with Crippen molar-refractivity contribution >= 4 is 44.4 Å². The molecule has 1 aromatic carbocycles. The SMILES string of the molecule is CCONC(=O)c1cc(I)ccc1Br. The molecule has 5 heteroatoms. The molecule has 0 radical (unpaired) electrons. The van der Waals surface area contributed by atoms with Crippen molar-refractivity contribution in [1.82, 2.24) is 5.48 Å². The Labute approximate surface area is 104 Å². The summed E-state index contributed by atoms with van der Waals surface area (Å²) in [7, 11) is 0. The van der Waals surface area contributed by atoms with Crippen molar-refractivity contribution in [3.05, 3.63) is 31.8 Å². The Morgan fingerprint density at radius 2 is 2.36 bits per heavy atom. The number of carbonyl (C=O) groups is 1. The van der Waals surface area contributed by atoms with Crippen LogP contribution in [0.2, 0.25) is 0 Å². The monoisotopic (exact) mass is 369 g/mol. The summed E-state index contributed by atoms with van der Waals surface area (Å²) in [5.41, 5.74) is 2.92. The van der Waals surface area contributed by atoms with E-state index in [9.17, 15) is 4.79 Å². The second-order valence-corrected chi connectivity index (χ2v) is 4.59. The molecule has 1 aromatic rings. The van der Waals surface area contributed by atoms with Crippen molar-refractivity contribution in [1.29, 1.82) is 0 Å². The summed E-state index contributed by atoms with van der Waals surface area (Å²) in [6.07, 6.45) is 0. The summed E-state index contributed by atoms with van der Waals surface area (Å²) in [5.74, 6) is -0.239. The van der Waals surface area contributed by atoms with E-state index in [1.807, 2.05) is 19.1 Å². The maximum absolute atomic E-state index is 11.5. The van der Waals surface area contributed by atoms with E-state index in [4.69, 9.17) is 4.84 Å². The van der Waals surface area contributed by atoms with Crippen molar-refractivity contribution in [3.63, 3.8) is 0 Å². The Balaban J connectivity index is 2.83. The van der Waals surface area contributed by atoms with Crippen LogP contribution in [-0.4, -0.2) is 12.5 Å². The third kappa shape index (κ3) is 3.21. The number of rotatable bonds is 3. The lowest BCUT2D eigenvalue weighted by Crippen LogP contribution is -2.24. The Bertz CT molecular complexity index is 344. The molecule has 76 valence electrons. The molecular weight excluding hydrogens is 361 g/mol. The maximum Gasteiger partial charge on any atom is 0.276 e. The van der Waals surface area contributed by atoms with E-state index < -0.39 is 0 Å². The minimum atomic E-state index is -0.239. The standard InChI is InChI=1S/C9H9BrINO2/c1-2-14-12-9(13)7-5-6(11)3-4-8(7)10/h3-5H,2H2,1H3,(H,12,13). The smallest absolute Gasteiger partial charge is 0.274 e. The zero-order chi connectivity index (χ0) is 10.6. The molecule has 3 nitrogen and oxygen atoms in total. The highest BCUT2D eigenvalue weighted by Gasteiger charge is 2.09. The third-order valence-corrected chi connectivity index (χ3v) is 2.84. The van der Waals surface area contributed by atoms with Gasteiger partial charge in [0.05, 0.1) is 12.2 Å². The topological polar surface area (TPSA) is 38.3 Å². The van der Waals surface area contributed by atoms with Crippen LogP contribution < -0.4 is 5.48 Å². The van der Waals surface area contributed by atoms with E-state index in [0.717, 1.165) is 8.04 Å². The molecule has 0 fully saturated rings. The molecule has 0 aliphatic rings. The summed E-state index contributed by atoms with van der Waals surface area (Å²) < 4.78 is 1.77. The molecule has 1 rings (SSSR count). The van der Waals surface area contributed by atoms with Gasteiger partial charge in [0, 0.05) is 8.04 Å². The summed E-state index contributed by atoms with van der Waals surface area (Å²) >= 11 is 5.45. The maximum atomic E-state index is 11.5. The summed E-state index contributed by atoms with van der Waals surface area (Å²) in [6, 6.07) is 5.55. The molecule has 0 saturated carbocycles. The van der Waals surface area contributed by atoms with Crippen molar-refractivity contribution in [2.45, 2.75) is 6.92 Å². The fourth-order valence-corrected chi connectivity index (χ4v) is 1.78. The molecule has 0 aromatic heterocycles. The lowest BCUT2D eigenvalue weighted by Gasteiger charge is -2.05. The van der Waals surface area contributed by atoms with Crippen LogP contribution in [0, 0.1) is 3.57 Å². The van der Waals surface area contributed by atoms with Gasteiger partial charge in [0.25, 0.3) is 5.91 Å². The van der Waals surface area contributed by atoms with Gasteiger partial charge in [0.15, 0.2) is 0 Å². The van der Waals surface area contributed by atoms with Gasteiger partial charge < -0.3 is 0 Å². The minimum absolute atomic E-state index is 0.239. The van der Waals surface area contributed by atoms with Crippen molar-refractivity contribution in [3.8, 4) is 0 Å². The number of halogens is 2. The Morgan fingerprint density at radius 3 is 3.00 bits per heavy atom. The summed E-state index contributed by atoms with van der Waals surface area (Å²) in [5, 5.41) is 0. The van der Waals surface area contributed by atoms with Crippen LogP contribution in [0.1, 0.15) is 17.3 Å². The normalized spacial score (nSPS) is 9.93. The first-order valence-electron chi connectivity index (χ1n) is 4.02. The van der Waals surface area contributed by atoms with Gasteiger partial charge in [-0.15, -0.1) is 0 Å². The van der Waals surface area contributed by atoms with Gasteiger partial charge in [0.2, 0.25) is 0 Å². The van der Waals surface area contributed by atoms with Crippen LogP contribution in [0.15, 0.2) is 22.7 Å². The number of hydrogen-bond donors (Lipinski definition) is 1.